The molecule has 0 amide bonds. The SMILES string of the molecule is CCCCCCCC1OC1CCCOC(=O)C1CC2OC2CC1C(=O)OCCCC1OC1CCCCCCC. The average Bonchev–Trinajstić information content (AvgIpc) is 3.84. The molecule has 3 saturated heterocycles. The standard InChI is InChI=1S/C32H54O7/c1-3-5-7-9-11-15-25-27(37-25)17-13-19-35-31(33)23-21-29-30(39-29)22-24(23)32(34)36-20-14-18-28-26(38-28)16-12-10-8-6-4-2/h23-30H,3-22H2,1-2H3. The van der Waals surface area contributed by atoms with Crippen LogP contribution >= 0.6 is 0 Å². The number of hydrogen-bond donors (Lipinski definition) is 0. The number of epoxide rings is 3. The third kappa shape index (κ3) is 10.6. The lowest BCUT2D eigenvalue weighted by Crippen LogP contribution is -2.38. The molecule has 7 heteroatoms. The second-order valence-corrected chi connectivity index (χ2v) is 12.3. The predicted octanol–water partition coefficient (Wildman–Crippen LogP) is 6.68. The van der Waals surface area contributed by atoms with Gasteiger partial charge in [-0.2, -0.15) is 0 Å². The summed E-state index contributed by atoms with van der Waals surface area (Å²) in [5, 5.41) is 0. The topological polar surface area (TPSA) is 90.2 Å². The number of carbonyl (C=O) groups excluding carboxylic acids is 2. The monoisotopic (exact) mass is 550 g/mol. The summed E-state index contributed by atoms with van der Waals surface area (Å²) in [6, 6.07) is 0. The van der Waals surface area contributed by atoms with Gasteiger partial charge in [0.15, 0.2) is 0 Å². The van der Waals surface area contributed by atoms with Crippen molar-refractivity contribution >= 4 is 11.9 Å². The summed E-state index contributed by atoms with van der Waals surface area (Å²) in [6.45, 7) is 5.24. The number of carbonyl (C=O) groups is 2. The van der Waals surface area contributed by atoms with Crippen molar-refractivity contribution in [3.8, 4) is 0 Å². The quantitative estimate of drug-likeness (QED) is 0.0843. The largest absolute Gasteiger partial charge is 0.465 e. The van der Waals surface area contributed by atoms with E-state index in [0.717, 1.165) is 38.5 Å². The van der Waals surface area contributed by atoms with Gasteiger partial charge in [0.25, 0.3) is 0 Å². The molecule has 3 heterocycles. The van der Waals surface area contributed by atoms with Gasteiger partial charge < -0.3 is 23.7 Å². The maximum Gasteiger partial charge on any atom is 0.309 e. The van der Waals surface area contributed by atoms with Gasteiger partial charge in [-0.3, -0.25) is 9.59 Å². The van der Waals surface area contributed by atoms with Gasteiger partial charge in [0, 0.05) is 0 Å². The minimum atomic E-state index is -0.460. The van der Waals surface area contributed by atoms with Crippen molar-refractivity contribution in [1.29, 1.82) is 0 Å². The maximum absolute atomic E-state index is 12.9. The first-order valence-electron chi connectivity index (χ1n) is 16.4. The smallest absolute Gasteiger partial charge is 0.309 e. The zero-order valence-electron chi connectivity index (χ0n) is 24.6. The zero-order valence-corrected chi connectivity index (χ0v) is 24.6. The highest BCUT2D eigenvalue weighted by atomic mass is 16.6. The summed E-state index contributed by atoms with van der Waals surface area (Å²) in [7, 11) is 0. The molecular weight excluding hydrogens is 496 g/mol. The van der Waals surface area contributed by atoms with E-state index in [4.69, 9.17) is 23.7 Å². The summed E-state index contributed by atoms with van der Waals surface area (Å²) < 4.78 is 28.5. The highest BCUT2D eigenvalue weighted by Gasteiger charge is 2.53. The molecule has 7 nitrogen and oxygen atoms in total. The van der Waals surface area contributed by atoms with Gasteiger partial charge in [-0.1, -0.05) is 78.1 Å². The Morgan fingerprint density at radius 3 is 1.33 bits per heavy atom. The lowest BCUT2D eigenvalue weighted by Gasteiger charge is -2.26. The molecule has 8 atom stereocenters. The van der Waals surface area contributed by atoms with Crippen molar-refractivity contribution in [3.63, 3.8) is 0 Å². The van der Waals surface area contributed by atoms with E-state index in [0.29, 0.717) is 50.5 Å². The first kappa shape index (κ1) is 30.8. The van der Waals surface area contributed by atoms with Gasteiger partial charge in [-0.05, 0) is 51.4 Å². The van der Waals surface area contributed by atoms with Crippen molar-refractivity contribution in [2.24, 2.45) is 11.8 Å². The summed E-state index contributed by atoms with van der Waals surface area (Å²) in [5.41, 5.74) is 0. The van der Waals surface area contributed by atoms with Crippen LogP contribution in [-0.2, 0) is 33.3 Å². The van der Waals surface area contributed by atoms with Crippen LogP contribution in [0, 0.1) is 11.8 Å². The first-order chi connectivity index (χ1) is 19.1. The van der Waals surface area contributed by atoms with Crippen molar-refractivity contribution in [1.82, 2.24) is 0 Å². The van der Waals surface area contributed by atoms with Crippen molar-refractivity contribution in [3.05, 3.63) is 0 Å². The molecule has 0 aromatic rings. The summed E-state index contributed by atoms with van der Waals surface area (Å²) in [4.78, 5) is 25.8. The number of hydrogen-bond acceptors (Lipinski definition) is 7. The minimum Gasteiger partial charge on any atom is -0.465 e. The molecule has 4 aliphatic rings. The predicted molar refractivity (Wildman–Crippen MR) is 149 cm³/mol. The Hall–Kier alpha value is -1.18. The molecule has 4 rings (SSSR count). The van der Waals surface area contributed by atoms with Crippen molar-refractivity contribution in [2.45, 2.75) is 166 Å². The number of unbranched alkanes of at least 4 members (excludes halogenated alkanes) is 8. The number of ether oxygens (including phenoxy) is 5. The van der Waals surface area contributed by atoms with E-state index in [-0.39, 0.29) is 24.1 Å². The molecular formula is C32H54O7. The highest BCUT2D eigenvalue weighted by Crippen LogP contribution is 2.44. The Morgan fingerprint density at radius 2 is 0.923 bits per heavy atom. The fourth-order valence-corrected chi connectivity index (χ4v) is 6.34. The molecule has 0 N–H and O–H groups in total. The van der Waals surface area contributed by atoms with Crippen LogP contribution in [-0.4, -0.2) is 61.8 Å². The Balaban J connectivity index is 1.05. The van der Waals surface area contributed by atoms with Crippen LogP contribution in [0.3, 0.4) is 0 Å². The second-order valence-electron chi connectivity index (χ2n) is 12.3. The zero-order chi connectivity index (χ0) is 27.5. The molecule has 1 aliphatic carbocycles. The summed E-state index contributed by atoms with van der Waals surface area (Å²) in [6.07, 6.45) is 21.4. The van der Waals surface area contributed by atoms with Gasteiger partial charge in [0.05, 0.1) is 61.7 Å². The van der Waals surface area contributed by atoms with Crippen molar-refractivity contribution < 1.29 is 33.3 Å². The third-order valence-corrected chi connectivity index (χ3v) is 9.07. The van der Waals surface area contributed by atoms with Gasteiger partial charge >= 0.3 is 11.9 Å². The average molecular weight is 551 g/mol. The van der Waals surface area contributed by atoms with Crippen LogP contribution < -0.4 is 0 Å². The molecule has 0 spiro atoms. The molecule has 1 saturated carbocycles. The van der Waals surface area contributed by atoms with E-state index >= 15 is 0 Å². The van der Waals surface area contributed by atoms with Crippen LogP contribution in [0.4, 0.5) is 0 Å². The molecule has 0 aromatic carbocycles. The van der Waals surface area contributed by atoms with E-state index in [2.05, 4.69) is 13.8 Å². The molecule has 0 radical (unpaired) electrons. The first-order valence-corrected chi connectivity index (χ1v) is 16.4. The van der Waals surface area contributed by atoms with E-state index in [1.54, 1.807) is 0 Å². The van der Waals surface area contributed by atoms with Crippen LogP contribution in [0.1, 0.15) is 129 Å². The fourth-order valence-electron chi connectivity index (χ4n) is 6.34. The molecule has 8 unspecified atom stereocenters. The molecule has 39 heavy (non-hydrogen) atoms. The molecule has 0 bridgehead atoms. The van der Waals surface area contributed by atoms with E-state index in [9.17, 15) is 9.59 Å². The number of fused-ring (bicyclic) bond motifs is 1. The normalized spacial score (nSPS) is 32.4. The highest BCUT2D eigenvalue weighted by molar-refractivity contribution is 5.82. The van der Waals surface area contributed by atoms with Crippen LogP contribution in [0.25, 0.3) is 0 Å². The van der Waals surface area contributed by atoms with E-state index in [1.165, 1.54) is 64.2 Å². The Morgan fingerprint density at radius 1 is 0.538 bits per heavy atom. The van der Waals surface area contributed by atoms with Crippen molar-refractivity contribution in [2.75, 3.05) is 13.2 Å². The Labute approximate surface area is 236 Å². The Kier molecular flexibility index (Phi) is 12.9. The number of rotatable bonds is 22. The molecule has 3 aliphatic heterocycles. The molecule has 0 aromatic heterocycles. The summed E-state index contributed by atoms with van der Waals surface area (Å²) >= 11 is 0. The van der Waals surface area contributed by atoms with E-state index < -0.39 is 11.8 Å². The fraction of sp³-hybridized carbons (Fsp3) is 0.938. The van der Waals surface area contributed by atoms with Gasteiger partial charge in [0.1, 0.15) is 0 Å². The second kappa shape index (κ2) is 16.3. The van der Waals surface area contributed by atoms with Crippen LogP contribution in [0.2, 0.25) is 0 Å². The minimum absolute atomic E-state index is 0.0930. The third-order valence-electron chi connectivity index (χ3n) is 9.07. The number of esters is 2. The lowest BCUT2D eigenvalue weighted by molar-refractivity contribution is -0.162. The molecule has 4 fully saturated rings. The maximum atomic E-state index is 12.9. The van der Waals surface area contributed by atoms with Gasteiger partial charge in [0.2, 0.25) is 0 Å². The van der Waals surface area contributed by atoms with Gasteiger partial charge in [-0.25, -0.2) is 0 Å². The molecule has 224 valence electrons. The summed E-state index contributed by atoms with van der Waals surface area (Å²) in [5.74, 6) is -1.47. The van der Waals surface area contributed by atoms with E-state index in [1.807, 2.05) is 0 Å². The Bertz CT molecular complexity index is 682. The van der Waals surface area contributed by atoms with Crippen LogP contribution in [0.5, 0.6) is 0 Å². The van der Waals surface area contributed by atoms with Crippen LogP contribution in [0.15, 0.2) is 0 Å². The van der Waals surface area contributed by atoms with Gasteiger partial charge in [-0.15, -0.1) is 0 Å². The lowest BCUT2D eigenvalue weighted by atomic mass is 9.79.